The molecular formula is C17H24N4O. The van der Waals surface area contributed by atoms with Crippen LogP contribution in [0.25, 0.3) is 5.69 Å². The van der Waals surface area contributed by atoms with Gasteiger partial charge in [-0.1, -0.05) is 44.5 Å². The molecule has 1 aromatic heterocycles. The third-order valence-corrected chi connectivity index (χ3v) is 3.59. The predicted molar refractivity (Wildman–Crippen MR) is 86.9 cm³/mol. The summed E-state index contributed by atoms with van der Waals surface area (Å²) in [7, 11) is 0. The van der Waals surface area contributed by atoms with Crippen molar-refractivity contribution >= 4 is 5.91 Å². The van der Waals surface area contributed by atoms with Crippen molar-refractivity contribution < 1.29 is 4.79 Å². The first-order chi connectivity index (χ1) is 10.3. The molecular weight excluding hydrogens is 276 g/mol. The molecule has 1 amide bonds. The highest BCUT2D eigenvalue weighted by atomic mass is 16.1. The van der Waals surface area contributed by atoms with Crippen LogP contribution in [-0.2, 0) is 6.42 Å². The minimum Gasteiger partial charge on any atom is -0.364 e. The topological polar surface area (TPSA) is 73.8 Å². The zero-order valence-corrected chi connectivity index (χ0v) is 13.5. The molecule has 0 atom stereocenters. The van der Waals surface area contributed by atoms with Gasteiger partial charge in [-0.3, -0.25) is 4.79 Å². The number of rotatable bonds is 6. The van der Waals surface area contributed by atoms with Gasteiger partial charge in [0.05, 0.1) is 11.9 Å². The smallest absolute Gasteiger partial charge is 0.270 e. The van der Waals surface area contributed by atoms with Crippen molar-refractivity contribution in [3.05, 3.63) is 41.7 Å². The van der Waals surface area contributed by atoms with E-state index in [0.29, 0.717) is 5.41 Å². The van der Waals surface area contributed by atoms with Crippen molar-refractivity contribution in [3.63, 3.8) is 0 Å². The lowest BCUT2D eigenvalue weighted by molar-refractivity contribution is 0.0995. The maximum absolute atomic E-state index is 11.0. The van der Waals surface area contributed by atoms with Gasteiger partial charge >= 0.3 is 0 Å². The van der Waals surface area contributed by atoms with Crippen molar-refractivity contribution in [2.24, 2.45) is 11.1 Å². The minimum atomic E-state index is -0.568. The molecule has 1 aromatic carbocycles. The van der Waals surface area contributed by atoms with Gasteiger partial charge in [-0.15, -0.1) is 5.10 Å². The number of hydrogen-bond donors (Lipinski definition) is 1. The second-order valence-corrected chi connectivity index (χ2v) is 6.85. The molecule has 0 unspecified atom stereocenters. The number of primary amides is 1. The van der Waals surface area contributed by atoms with E-state index in [9.17, 15) is 4.79 Å². The number of carbonyl (C=O) groups is 1. The molecule has 22 heavy (non-hydrogen) atoms. The lowest BCUT2D eigenvalue weighted by Gasteiger charge is -2.17. The third-order valence-electron chi connectivity index (χ3n) is 3.59. The molecule has 0 fully saturated rings. The maximum Gasteiger partial charge on any atom is 0.270 e. The summed E-state index contributed by atoms with van der Waals surface area (Å²) in [6.45, 7) is 6.83. The largest absolute Gasteiger partial charge is 0.364 e. The SMILES string of the molecule is CC(C)(C)CCCCc1ccc(-n2cc(C(N)=O)nn2)cc1. The van der Waals surface area contributed by atoms with E-state index in [4.69, 9.17) is 5.73 Å². The number of benzene rings is 1. The molecule has 0 bridgehead atoms. The Morgan fingerprint density at radius 3 is 2.41 bits per heavy atom. The Bertz CT molecular complexity index is 623. The quantitative estimate of drug-likeness (QED) is 0.833. The molecule has 2 N–H and O–H groups in total. The van der Waals surface area contributed by atoms with E-state index in [1.165, 1.54) is 24.8 Å². The van der Waals surface area contributed by atoms with Gasteiger partial charge in [-0.25, -0.2) is 4.68 Å². The molecule has 0 saturated heterocycles. The summed E-state index contributed by atoms with van der Waals surface area (Å²) in [5.74, 6) is -0.568. The average Bonchev–Trinajstić information content (AvgIpc) is 2.93. The summed E-state index contributed by atoms with van der Waals surface area (Å²) in [6, 6.07) is 8.16. The van der Waals surface area contributed by atoms with Crippen LogP contribution in [-0.4, -0.2) is 20.9 Å². The minimum absolute atomic E-state index is 0.172. The van der Waals surface area contributed by atoms with Crippen LogP contribution in [0.5, 0.6) is 0 Å². The van der Waals surface area contributed by atoms with Gasteiger partial charge in [0.15, 0.2) is 5.69 Å². The summed E-state index contributed by atoms with van der Waals surface area (Å²) in [4.78, 5) is 11.0. The summed E-state index contributed by atoms with van der Waals surface area (Å²) < 4.78 is 1.56. The van der Waals surface area contributed by atoms with Crippen molar-refractivity contribution in [2.45, 2.75) is 46.5 Å². The number of nitrogens with zero attached hydrogens (tertiary/aromatic N) is 3. The van der Waals surface area contributed by atoms with Gasteiger partial charge in [0.1, 0.15) is 0 Å². The molecule has 0 aliphatic carbocycles. The molecule has 0 spiro atoms. The van der Waals surface area contributed by atoms with E-state index in [0.717, 1.165) is 12.1 Å². The fourth-order valence-electron chi connectivity index (χ4n) is 2.30. The molecule has 2 aromatic rings. The molecule has 118 valence electrons. The van der Waals surface area contributed by atoms with E-state index in [2.05, 4.69) is 43.2 Å². The Morgan fingerprint density at radius 2 is 1.86 bits per heavy atom. The van der Waals surface area contributed by atoms with Gasteiger partial charge in [-0.05, 0) is 42.4 Å². The predicted octanol–water partition coefficient (Wildman–Crippen LogP) is 3.13. The Hall–Kier alpha value is -2.17. The van der Waals surface area contributed by atoms with E-state index >= 15 is 0 Å². The highest BCUT2D eigenvalue weighted by molar-refractivity contribution is 5.90. The number of aryl methyl sites for hydroxylation is 1. The maximum atomic E-state index is 11.0. The molecule has 0 saturated carbocycles. The molecule has 1 heterocycles. The van der Waals surface area contributed by atoms with E-state index < -0.39 is 5.91 Å². The lowest BCUT2D eigenvalue weighted by atomic mass is 9.89. The van der Waals surface area contributed by atoms with Crippen LogP contribution in [0, 0.1) is 5.41 Å². The number of unbranched alkanes of at least 4 members (excludes halogenated alkanes) is 1. The van der Waals surface area contributed by atoms with Crippen LogP contribution >= 0.6 is 0 Å². The Labute approximate surface area is 131 Å². The highest BCUT2D eigenvalue weighted by Gasteiger charge is 2.09. The van der Waals surface area contributed by atoms with Crippen molar-refractivity contribution in [2.75, 3.05) is 0 Å². The lowest BCUT2D eigenvalue weighted by Crippen LogP contribution is -2.11. The van der Waals surface area contributed by atoms with Crippen LogP contribution in [0.1, 0.15) is 56.1 Å². The van der Waals surface area contributed by atoms with Crippen molar-refractivity contribution in [1.82, 2.24) is 15.0 Å². The van der Waals surface area contributed by atoms with Crippen LogP contribution < -0.4 is 5.73 Å². The number of hydrogen-bond acceptors (Lipinski definition) is 3. The highest BCUT2D eigenvalue weighted by Crippen LogP contribution is 2.22. The molecule has 0 aliphatic heterocycles. The van der Waals surface area contributed by atoms with Crippen molar-refractivity contribution in [3.8, 4) is 5.69 Å². The van der Waals surface area contributed by atoms with Gasteiger partial charge in [0, 0.05) is 0 Å². The van der Waals surface area contributed by atoms with Crippen LogP contribution in [0.15, 0.2) is 30.5 Å². The van der Waals surface area contributed by atoms with Gasteiger partial charge in [0.2, 0.25) is 0 Å². The van der Waals surface area contributed by atoms with E-state index in [1.54, 1.807) is 10.9 Å². The zero-order valence-electron chi connectivity index (χ0n) is 13.5. The molecule has 5 nitrogen and oxygen atoms in total. The van der Waals surface area contributed by atoms with E-state index in [-0.39, 0.29) is 5.69 Å². The van der Waals surface area contributed by atoms with Gasteiger partial charge in [-0.2, -0.15) is 0 Å². The Morgan fingerprint density at radius 1 is 1.18 bits per heavy atom. The summed E-state index contributed by atoms with van der Waals surface area (Å²) in [5, 5.41) is 7.64. The van der Waals surface area contributed by atoms with Gasteiger partial charge in [0.25, 0.3) is 5.91 Å². The monoisotopic (exact) mass is 300 g/mol. The second-order valence-electron chi connectivity index (χ2n) is 6.85. The third kappa shape index (κ3) is 4.69. The number of nitrogens with two attached hydrogens (primary N) is 1. The number of carbonyl (C=O) groups excluding carboxylic acids is 1. The summed E-state index contributed by atoms with van der Waals surface area (Å²) in [5.41, 5.74) is 7.94. The summed E-state index contributed by atoms with van der Waals surface area (Å²) >= 11 is 0. The first kappa shape index (κ1) is 16.2. The van der Waals surface area contributed by atoms with Crippen LogP contribution in [0.2, 0.25) is 0 Å². The average molecular weight is 300 g/mol. The number of aromatic nitrogens is 3. The number of amides is 1. The first-order valence-corrected chi connectivity index (χ1v) is 7.67. The van der Waals surface area contributed by atoms with Crippen LogP contribution in [0.3, 0.4) is 0 Å². The van der Waals surface area contributed by atoms with Gasteiger partial charge < -0.3 is 5.73 Å². The second kappa shape index (κ2) is 6.73. The Kier molecular flexibility index (Phi) is 4.96. The molecule has 5 heteroatoms. The molecule has 0 radical (unpaired) electrons. The summed E-state index contributed by atoms with van der Waals surface area (Å²) in [6.07, 6.45) is 6.32. The first-order valence-electron chi connectivity index (χ1n) is 7.67. The Balaban J connectivity index is 1.91. The fourth-order valence-corrected chi connectivity index (χ4v) is 2.30. The normalized spacial score (nSPS) is 11.6. The van der Waals surface area contributed by atoms with Crippen molar-refractivity contribution in [1.29, 1.82) is 0 Å². The standard InChI is InChI=1S/C17H24N4O/c1-17(2,3)11-5-4-6-13-7-9-14(10-8-13)21-12-15(16(18)22)19-20-21/h7-10,12H,4-6,11H2,1-3H3,(H2,18,22). The zero-order chi connectivity index (χ0) is 16.2. The fraction of sp³-hybridized carbons (Fsp3) is 0.471. The van der Waals surface area contributed by atoms with E-state index in [1.807, 2.05) is 12.1 Å². The molecule has 2 rings (SSSR count). The van der Waals surface area contributed by atoms with Crippen LogP contribution in [0.4, 0.5) is 0 Å². The molecule has 0 aliphatic rings.